The van der Waals surface area contributed by atoms with E-state index in [9.17, 15) is 0 Å². The Morgan fingerprint density at radius 1 is 0.500 bits per heavy atom. The second-order valence-corrected chi connectivity index (χ2v) is 20.5. The van der Waals surface area contributed by atoms with Gasteiger partial charge in [0.15, 0.2) is 0 Å². The van der Waals surface area contributed by atoms with Crippen molar-refractivity contribution in [3.05, 3.63) is 192 Å². The van der Waals surface area contributed by atoms with Gasteiger partial charge < -0.3 is 13.9 Å². The lowest BCUT2D eigenvalue weighted by atomic mass is 9.41. The summed E-state index contributed by atoms with van der Waals surface area (Å²) in [4.78, 5) is 2.57. The summed E-state index contributed by atoms with van der Waals surface area (Å²) in [7, 11) is 0. The molecule has 308 valence electrons. The van der Waals surface area contributed by atoms with Crippen molar-refractivity contribution in [3.8, 4) is 27.9 Å². The second-order valence-electron chi connectivity index (χ2n) is 20.5. The number of hydrogen-bond acceptors (Lipinski definition) is 2. The number of para-hydroxylation sites is 3. The zero-order chi connectivity index (χ0) is 42.1. The van der Waals surface area contributed by atoms with Gasteiger partial charge in [0.25, 0.3) is 0 Å². The molecule has 0 atom stereocenters. The predicted molar refractivity (Wildman–Crippen MR) is 264 cm³/mol. The number of hydrogen-bond donors (Lipinski definition) is 0. The van der Waals surface area contributed by atoms with Crippen molar-refractivity contribution >= 4 is 60.8 Å². The van der Waals surface area contributed by atoms with Crippen molar-refractivity contribution in [1.29, 1.82) is 0 Å². The average Bonchev–Trinajstić information content (AvgIpc) is 3.95. The van der Waals surface area contributed by atoms with E-state index in [4.69, 9.17) is 4.42 Å². The van der Waals surface area contributed by atoms with Crippen molar-refractivity contribution in [2.45, 2.75) is 56.8 Å². The summed E-state index contributed by atoms with van der Waals surface area (Å²) in [5, 5.41) is 4.99. The van der Waals surface area contributed by atoms with Crippen LogP contribution < -0.4 is 4.90 Å². The molecule has 3 nitrogen and oxygen atoms in total. The van der Waals surface area contributed by atoms with Gasteiger partial charge in [0.05, 0.1) is 22.4 Å². The molecule has 4 fully saturated rings. The maximum atomic E-state index is 6.36. The van der Waals surface area contributed by atoms with E-state index in [1.54, 1.807) is 11.1 Å². The minimum atomic E-state index is -0.127. The molecule has 4 saturated carbocycles. The molecule has 3 heterocycles. The smallest absolute Gasteiger partial charge is 0.136 e. The maximum Gasteiger partial charge on any atom is 0.136 e. The number of nitrogens with zero attached hydrogens (tertiary/aromatic N) is 2. The third-order valence-corrected chi connectivity index (χ3v) is 17.2. The first kappa shape index (κ1) is 35.6. The Balaban J connectivity index is 0.975. The minimum Gasteiger partial charge on any atom is -0.456 e. The lowest BCUT2D eigenvalue weighted by Gasteiger charge is -2.63. The number of furan rings is 1. The van der Waals surface area contributed by atoms with Crippen LogP contribution in [0.3, 0.4) is 0 Å². The molecule has 0 N–H and O–H groups in total. The first-order valence-electron chi connectivity index (χ1n) is 23.7. The van der Waals surface area contributed by atoms with Crippen molar-refractivity contribution in [3.63, 3.8) is 0 Å². The van der Waals surface area contributed by atoms with Gasteiger partial charge in [0.1, 0.15) is 11.2 Å². The highest BCUT2D eigenvalue weighted by atomic mass is 16.3. The standard InChI is InChI=1S/C61H48N2O/c1-60(2)49-14-6-3-11-44(49)45-26-24-43(35-52(45)60)62(42-22-19-38(20-23-42)39-21-25-47-46-12-5-10-18-56(46)64-57(47)34-39)55-28-27-51-59-58(55)48-13-4-8-16-53(48)63(59)54-17-9-7-15-50(54)61(51)40-30-36-29-37(32-40)33-41(61)31-36/h3-28,34-37,40-41H,29-33H2,1-2H3. The lowest BCUT2D eigenvalue weighted by Crippen LogP contribution is -2.57. The minimum absolute atomic E-state index is 0.0297. The van der Waals surface area contributed by atoms with Gasteiger partial charge >= 0.3 is 0 Å². The molecule has 6 aliphatic rings. The molecule has 0 amide bonds. The molecule has 0 unspecified atom stereocenters. The molecule has 1 spiro atoms. The van der Waals surface area contributed by atoms with Gasteiger partial charge in [-0.3, -0.25) is 0 Å². The van der Waals surface area contributed by atoms with Crippen LogP contribution >= 0.6 is 0 Å². The fourth-order valence-corrected chi connectivity index (χ4v) is 14.8. The molecule has 64 heavy (non-hydrogen) atoms. The van der Waals surface area contributed by atoms with E-state index in [0.717, 1.165) is 45.0 Å². The molecule has 3 heteroatoms. The summed E-state index contributed by atoms with van der Waals surface area (Å²) in [6.45, 7) is 4.79. The Morgan fingerprint density at radius 3 is 1.98 bits per heavy atom. The van der Waals surface area contributed by atoms with E-state index in [2.05, 4.69) is 187 Å². The Morgan fingerprint density at radius 2 is 1.16 bits per heavy atom. The zero-order valence-electron chi connectivity index (χ0n) is 36.3. The molecule has 5 aliphatic carbocycles. The van der Waals surface area contributed by atoms with Gasteiger partial charge in [-0.15, -0.1) is 0 Å². The van der Waals surface area contributed by atoms with E-state index in [1.165, 1.54) is 98.8 Å². The van der Waals surface area contributed by atoms with Crippen LogP contribution in [0.1, 0.15) is 68.2 Å². The number of aromatic nitrogens is 1. The monoisotopic (exact) mass is 824 g/mol. The molecule has 0 radical (unpaired) electrons. The van der Waals surface area contributed by atoms with Crippen LogP contribution in [0.2, 0.25) is 0 Å². The number of benzene rings is 8. The van der Waals surface area contributed by atoms with Crippen LogP contribution in [0.25, 0.3) is 71.7 Å². The molecule has 0 saturated heterocycles. The molecule has 10 aromatic rings. The van der Waals surface area contributed by atoms with Crippen molar-refractivity contribution < 1.29 is 4.42 Å². The van der Waals surface area contributed by atoms with Gasteiger partial charge in [-0.25, -0.2) is 0 Å². The molecule has 2 aromatic heterocycles. The van der Waals surface area contributed by atoms with Gasteiger partial charge in [-0.2, -0.15) is 0 Å². The van der Waals surface area contributed by atoms with Crippen LogP contribution in [0.4, 0.5) is 17.1 Å². The van der Waals surface area contributed by atoms with Gasteiger partial charge in [0, 0.05) is 43.7 Å². The number of rotatable bonds is 4. The largest absolute Gasteiger partial charge is 0.456 e. The molecular weight excluding hydrogens is 777 g/mol. The van der Waals surface area contributed by atoms with Crippen LogP contribution in [0.5, 0.6) is 0 Å². The van der Waals surface area contributed by atoms with E-state index in [1.807, 2.05) is 6.07 Å². The Bertz CT molecular complexity index is 3590. The van der Waals surface area contributed by atoms with E-state index < -0.39 is 0 Å². The SMILES string of the molecule is CC1(C)c2ccccc2-c2ccc(N(c3ccc(-c4ccc5c(c4)oc4ccccc45)cc3)c3ccc4c5c3c3ccccc3n5-c3ccccc3C43C4CC5CC(C4)CC3C5)cc21. The molecule has 4 bridgehead atoms. The molecule has 8 aromatic carbocycles. The quantitative estimate of drug-likeness (QED) is 0.176. The van der Waals surface area contributed by atoms with Gasteiger partial charge in [0.2, 0.25) is 0 Å². The summed E-state index contributed by atoms with van der Waals surface area (Å²) < 4.78 is 9.02. The van der Waals surface area contributed by atoms with Crippen LogP contribution in [-0.2, 0) is 10.8 Å². The summed E-state index contributed by atoms with van der Waals surface area (Å²) in [5.74, 6) is 3.12. The highest BCUT2D eigenvalue weighted by molar-refractivity contribution is 6.18. The second kappa shape index (κ2) is 12.4. The fraction of sp³-hybridized carbons (Fsp3) is 0.213. The maximum absolute atomic E-state index is 6.36. The Hall–Kier alpha value is -6.84. The first-order chi connectivity index (χ1) is 31.4. The molecule has 16 rings (SSSR count). The summed E-state index contributed by atoms with van der Waals surface area (Å²) in [5.41, 5.74) is 20.3. The van der Waals surface area contributed by atoms with E-state index in [-0.39, 0.29) is 10.8 Å². The predicted octanol–water partition coefficient (Wildman–Crippen LogP) is 16.2. The highest BCUT2D eigenvalue weighted by Crippen LogP contribution is 2.68. The third-order valence-electron chi connectivity index (χ3n) is 17.2. The third kappa shape index (κ3) is 4.47. The van der Waals surface area contributed by atoms with Crippen molar-refractivity contribution in [2.75, 3.05) is 4.90 Å². The van der Waals surface area contributed by atoms with Crippen LogP contribution in [0.15, 0.2) is 174 Å². The van der Waals surface area contributed by atoms with Gasteiger partial charge in [-0.05, 0) is 161 Å². The average molecular weight is 825 g/mol. The molecule has 1 aliphatic heterocycles. The zero-order valence-corrected chi connectivity index (χ0v) is 36.3. The lowest BCUT2D eigenvalue weighted by molar-refractivity contribution is -0.0418. The number of fused-ring (bicyclic) bond motifs is 11. The topological polar surface area (TPSA) is 21.3 Å². The van der Waals surface area contributed by atoms with E-state index >= 15 is 0 Å². The highest BCUT2D eigenvalue weighted by Gasteiger charge is 2.61. The fourth-order valence-electron chi connectivity index (χ4n) is 14.8. The Labute approximate surface area is 373 Å². The van der Waals surface area contributed by atoms with Crippen LogP contribution in [0, 0.1) is 23.7 Å². The van der Waals surface area contributed by atoms with Gasteiger partial charge in [-0.1, -0.05) is 123 Å². The van der Waals surface area contributed by atoms with Crippen molar-refractivity contribution in [2.24, 2.45) is 23.7 Å². The summed E-state index contributed by atoms with van der Waals surface area (Å²) in [6.07, 6.45) is 6.89. The normalized spacial score (nSPS) is 23.0. The summed E-state index contributed by atoms with van der Waals surface area (Å²) >= 11 is 0. The first-order valence-corrected chi connectivity index (χ1v) is 23.7. The molecular formula is C61H48N2O. The van der Waals surface area contributed by atoms with E-state index in [0.29, 0.717) is 11.8 Å². The number of anilines is 3. The van der Waals surface area contributed by atoms with Crippen molar-refractivity contribution in [1.82, 2.24) is 4.57 Å². The van der Waals surface area contributed by atoms with Crippen LogP contribution in [-0.4, -0.2) is 4.57 Å². The Kier molecular flexibility index (Phi) is 6.92. The summed E-state index contributed by atoms with van der Waals surface area (Å²) in [6, 6.07) is 64.4.